The largest absolute Gasteiger partial charge is 0.357 e. The molecule has 1 saturated carbocycles. The lowest BCUT2D eigenvalue weighted by Crippen LogP contribution is -2.47. The van der Waals surface area contributed by atoms with Gasteiger partial charge in [0.1, 0.15) is 0 Å². The van der Waals surface area contributed by atoms with Gasteiger partial charge in [0.25, 0.3) is 0 Å². The molecule has 156 valence electrons. The Balaban J connectivity index is 1.49. The van der Waals surface area contributed by atoms with E-state index in [-0.39, 0.29) is 0 Å². The molecule has 3 rings (SSSR count). The normalized spacial score (nSPS) is 24.4. The number of nitrogens with one attached hydrogen (secondary N) is 2. The highest BCUT2D eigenvalue weighted by Gasteiger charge is 2.26. The van der Waals surface area contributed by atoms with Crippen molar-refractivity contribution < 1.29 is 4.21 Å². The average molecular weight is 405 g/mol. The molecular formula is C22H36N4OS. The Morgan fingerprint density at radius 1 is 1.25 bits per heavy atom. The monoisotopic (exact) mass is 404 g/mol. The molecule has 3 unspecified atom stereocenters. The van der Waals surface area contributed by atoms with Crippen molar-refractivity contribution in [1.82, 2.24) is 15.5 Å². The van der Waals surface area contributed by atoms with Gasteiger partial charge in [0.05, 0.1) is 6.54 Å². The van der Waals surface area contributed by atoms with E-state index in [0.29, 0.717) is 11.3 Å². The first-order valence-electron chi connectivity index (χ1n) is 10.9. The summed E-state index contributed by atoms with van der Waals surface area (Å²) in [6, 6.07) is 9.15. The minimum absolute atomic E-state index is 0.340. The van der Waals surface area contributed by atoms with Crippen LogP contribution in [0.3, 0.4) is 0 Å². The molecule has 1 aliphatic carbocycles. The van der Waals surface area contributed by atoms with Crippen LogP contribution in [0.5, 0.6) is 0 Å². The Hall–Kier alpha value is -1.40. The number of hydrogen-bond donors (Lipinski definition) is 2. The first-order chi connectivity index (χ1) is 13.7. The number of nitrogens with zero attached hydrogens (tertiary/aromatic N) is 2. The van der Waals surface area contributed by atoms with Crippen molar-refractivity contribution >= 4 is 16.8 Å². The molecule has 1 fully saturated rings. The van der Waals surface area contributed by atoms with Crippen molar-refractivity contribution in [2.45, 2.75) is 63.8 Å². The smallest absolute Gasteiger partial charge is 0.191 e. The van der Waals surface area contributed by atoms with Gasteiger partial charge in [-0.15, -0.1) is 0 Å². The van der Waals surface area contributed by atoms with Gasteiger partial charge in [-0.2, -0.15) is 0 Å². The van der Waals surface area contributed by atoms with Gasteiger partial charge in [0.2, 0.25) is 0 Å². The molecule has 28 heavy (non-hydrogen) atoms. The third-order valence-corrected chi connectivity index (χ3v) is 7.60. The van der Waals surface area contributed by atoms with E-state index in [1.807, 2.05) is 6.92 Å². The molecule has 6 heteroatoms. The van der Waals surface area contributed by atoms with Gasteiger partial charge >= 0.3 is 0 Å². The maximum Gasteiger partial charge on any atom is 0.191 e. The molecule has 3 atom stereocenters. The molecule has 0 amide bonds. The predicted molar refractivity (Wildman–Crippen MR) is 119 cm³/mol. The summed E-state index contributed by atoms with van der Waals surface area (Å²) in [7, 11) is -0.687. The van der Waals surface area contributed by atoms with E-state index >= 15 is 0 Å². The second-order valence-electron chi connectivity index (χ2n) is 7.85. The van der Waals surface area contributed by atoms with Crippen molar-refractivity contribution in [3.8, 4) is 0 Å². The van der Waals surface area contributed by atoms with Gasteiger partial charge < -0.3 is 10.6 Å². The SMILES string of the molecule is CCNC(=NCCN1CCc2ccccc2C1)NC1CCCC(S(=O)CC)C1. The van der Waals surface area contributed by atoms with Crippen molar-refractivity contribution in [1.29, 1.82) is 0 Å². The van der Waals surface area contributed by atoms with Crippen LogP contribution in [0.1, 0.15) is 50.7 Å². The Kier molecular flexibility index (Phi) is 8.34. The lowest BCUT2D eigenvalue weighted by atomic mass is 9.95. The molecule has 0 aromatic heterocycles. The van der Waals surface area contributed by atoms with Crippen LogP contribution in [-0.2, 0) is 23.8 Å². The zero-order valence-corrected chi connectivity index (χ0v) is 18.3. The van der Waals surface area contributed by atoms with Crippen LogP contribution in [0.4, 0.5) is 0 Å². The van der Waals surface area contributed by atoms with Gasteiger partial charge in [-0.3, -0.25) is 14.1 Å². The standard InChI is InChI=1S/C22H36N4OS/c1-3-23-22(25-20-10-7-11-21(16-20)28(27)4-2)24-13-15-26-14-12-18-8-5-6-9-19(18)17-26/h5-6,8-9,20-21H,3-4,7,10-17H2,1-2H3,(H2,23,24,25). The van der Waals surface area contributed by atoms with Crippen LogP contribution in [-0.4, -0.2) is 58.3 Å². The van der Waals surface area contributed by atoms with Crippen molar-refractivity contribution in [3.05, 3.63) is 35.4 Å². The highest BCUT2D eigenvalue weighted by Crippen LogP contribution is 2.23. The fourth-order valence-electron chi connectivity index (χ4n) is 4.31. The van der Waals surface area contributed by atoms with E-state index in [9.17, 15) is 4.21 Å². The van der Waals surface area contributed by atoms with E-state index in [4.69, 9.17) is 4.99 Å². The van der Waals surface area contributed by atoms with E-state index in [2.05, 4.69) is 46.7 Å². The number of aliphatic imine (C=N–C) groups is 1. The fourth-order valence-corrected chi connectivity index (χ4v) is 5.66. The molecule has 0 saturated heterocycles. The summed E-state index contributed by atoms with van der Waals surface area (Å²) in [6.45, 7) is 8.92. The second-order valence-corrected chi connectivity index (χ2v) is 9.86. The molecule has 0 radical (unpaired) electrons. The van der Waals surface area contributed by atoms with E-state index < -0.39 is 10.8 Å². The Labute approximate surface area is 172 Å². The van der Waals surface area contributed by atoms with Crippen molar-refractivity contribution in [2.75, 3.05) is 31.9 Å². The lowest BCUT2D eigenvalue weighted by Gasteiger charge is -2.30. The van der Waals surface area contributed by atoms with Crippen molar-refractivity contribution in [2.24, 2.45) is 4.99 Å². The highest BCUT2D eigenvalue weighted by molar-refractivity contribution is 7.85. The van der Waals surface area contributed by atoms with E-state index in [0.717, 1.165) is 76.5 Å². The first kappa shape index (κ1) is 21.3. The summed E-state index contributed by atoms with van der Waals surface area (Å²) in [5, 5.41) is 7.33. The van der Waals surface area contributed by atoms with Crippen LogP contribution < -0.4 is 10.6 Å². The molecule has 1 aromatic rings. The zero-order valence-electron chi connectivity index (χ0n) is 17.5. The molecule has 1 aromatic carbocycles. The van der Waals surface area contributed by atoms with Gasteiger partial charge in [-0.25, -0.2) is 0 Å². The maximum absolute atomic E-state index is 12.2. The van der Waals surface area contributed by atoms with Crippen LogP contribution in [0.15, 0.2) is 29.3 Å². The van der Waals surface area contributed by atoms with Gasteiger partial charge in [0.15, 0.2) is 5.96 Å². The molecule has 1 aliphatic heterocycles. The number of hydrogen-bond acceptors (Lipinski definition) is 3. The quantitative estimate of drug-likeness (QED) is 0.542. The topological polar surface area (TPSA) is 56.7 Å². The van der Waals surface area contributed by atoms with Crippen LogP contribution in [0, 0.1) is 0 Å². The predicted octanol–water partition coefficient (Wildman–Crippen LogP) is 2.68. The molecule has 2 N–H and O–H groups in total. The van der Waals surface area contributed by atoms with Gasteiger partial charge in [-0.1, -0.05) is 37.6 Å². The number of guanidine groups is 1. The summed E-state index contributed by atoms with van der Waals surface area (Å²) < 4.78 is 12.2. The zero-order chi connectivity index (χ0) is 19.8. The molecule has 0 spiro atoms. The lowest BCUT2D eigenvalue weighted by molar-refractivity contribution is 0.261. The third-order valence-electron chi connectivity index (χ3n) is 5.86. The summed E-state index contributed by atoms with van der Waals surface area (Å²) in [5.74, 6) is 1.68. The maximum atomic E-state index is 12.2. The fraction of sp³-hybridized carbons (Fsp3) is 0.682. The van der Waals surface area contributed by atoms with Crippen LogP contribution in [0.2, 0.25) is 0 Å². The molecule has 0 bridgehead atoms. The Morgan fingerprint density at radius 2 is 2.07 bits per heavy atom. The molecule has 1 heterocycles. The minimum atomic E-state index is -0.687. The van der Waals surface area contributed by atoms with Gasteiger partial charge in [-0.05, 0) is 43.7 Å². The summed E-state index contributed by atoms with van der Waals surface area (Å²) >= 11 is 0. The van der Waals surface area contributed by atoms with Gasteiger partial charge in [0, 0.05) is 54.0 Å². The van der Waals surface area contributed by atoms with Crippen LogP contribution >= 0.6 is 0 Å². The minimum Gasteiger partial charge on any atom is -0.357 e. The average Bonchev–Trinajstić information content (AvgIpc) is 2.73. The van der Waals surface area contributed by atoms with Crippen molar-refractivity contribution in [3.63, 3.8) is 0 Å². The Morgan fingerprint density at radius 3 is 2.86 bits per heavy atom. The van der Waals surface area contributed by atoms with Crippen LogP contribution in [0.25, 0.3) is 0 Å². The second kappa shape index (κ2) is 11.0. The first-order valence-corrected chi connectivity index (χ1v) is 12.3. The summed E-state index contributed by atoms with van der Waals surface area (Å²) in [5.41, 5.74) is 2.95. The number of fused-ring (bicyclic) bond motifs is 1. The number of benzene rings is 1. The third kappa shape index (κ3) is 6.05. The van der Waals surface area contributed by atoms with E-state index in [1.165, 1.54) is 11.1 Å². The number of rotatable bonds is 7. The highest BCUT2D eigenvalue weighted by atomic mass is 32.2. The van der Waals surface area contributed by atoms with E-state index in [1.54, 1.807) is 0 Å². The Bertz CT molecular complexity index is 678. The molecule has 2 aliphatic rings. The molecular weight excluding hydrogens is 368 g/mol. The summed E-state index contributed by atoms with van der Waals surface area (Å²) in [6.07, 6.45) is 5.53. The molecule has 5 nitrogen and oxygen atoms in total. The summed E-state index contributed by atoms with van der Waals surface area (Å²) in [4.78, 5) is 7.32.